The standard InChI is InChI=1S/C51H77N9O12/c1-10-31(6)42-50(70)72-33(8)43(58-45(65)37(55-44(64)30(4)5)17-14-24-53-51(52)71)48(68)56-38(25-29(2)3)46(66)54-32(7)18-23-41(63)60(28-61)40(27-34-15-12-11-13-16-34)49(69)59(9)39(47(67)57-42)26-35-19-21-36(62)22-20-35/h11-13,15-16,19-22,28-33,37-43,62-63H,10,14,17-18,23-27H2,1-9H3,(H,54,66)(H,55,64)(H,56,68)(H,57,67)(H,58,65)(H3,52,53,71)/t31?,32?,33-,37+,38+,39+,40+,41+,42+,43+/m1/s1. The van der Waals surface area contributed by atoms with E-state index in [1.807, 2.05) is 13.8 Å². The summed E-state index contributed by atoms with van der Waals surface area (Å²) in [4.78, 5) is 126. The SMILES string of the molecule is CCC(C)[C@@H]1NC(=O)[C@H](Cc2ccc(O)cc2)N(C)C(=O)[C@H](Cc2ccccc2)N(C=O)[C@@H](O)CCC(C)NC(=O)[C@H](CC(C)C)NC(=O)[C@@H](NC(=O)[C@H](CCCNC(N)=O)NC(=O)C(C)C)[C@@H](C)OC1=O. The highest BCUT2D eigenvalue weighted by molar-refractivity contribution is 5.96. The average Bonchev–Trinajstić information content (AvgIpc) is 3.33. The Balaban J connectivity index is 2.22. The van der Waals surface area contributed by atoms with Crippen LogP contribution < -0.4 is 37.6 Å². The molecular weight excluding hydrogens is 931 g/mol. The third-order valence-corrected chi connectivity index (χ3v) is 12.7. The molecule has 1 heterocycles. The van der Waals surface area contributed by atoms with Gasteiger partial charge in [0.2, 0.25) is 41.9 Å². The number of hydrogen-bond acceptors (Lipinski definition) is 12. The lowest BCUT2D eigenvalue weighted by atomic mass is 9.96. The number of aliphatic hydroxyl groups excluding tert-OH is 1. The maximum absolute atomic E-state index is 14.9. The van der Waals surface area contributed by atoms with E-state index < -0.39 is 114 Å². The van der Waals surface area contributed by atoms with E-state index in [4.69, 9.17) is 10.5 Å². The van der Waals surface area contributed by atoms with E-state index in [1.54, 1.807) is 77.1 Å². The number of amides is 9. The van der Waals surface area contributed by atoms with Crippen molar-refractivity contribution in [3.05, 3.63) is 65.7 Å². The molecule has 0 aromatic heterocycles. The highest BCUT2D eigenvalue weighted by Gasteiger charge is 2.41. The van der Waals surface area contributed by atoms with E-state index in [9.17, 15) is 53.4 Å². The van der Waals surface area contributed by atoms with Crippen LogP contribution in [-0.4, -0.2) is 142 Å². The topological polar surface area (TPSA) is 308 Å². The minimum Gasteiger partial charge on any atom is -0.508 e. The number of carbonyl (C=O) groups is 9. The van der Waals surface area contributed by atoms with E-state index >= 15 is 0 Å². The van der Waals surface area contributed by atoms with Gasteiger partial charge in [-0.3, -0.25) is 33.6 Å². The number of likely N-dealkylation sites (N-methyl/N-ethyl adjacent to an activating group) is 1. The number of cyclic esters (lactones) is 1. The molecule has 2 aromatic rings. The van der Waals surface area contributed by atoms with Crippen molar-refractivity contribution in [3.8, 4) is 5.75 Å². The number of rotatable bonds is 17. The number of aromatic hydroxyl groups is 1. The van der Waals surface area contributed by atoms with Crippen LogP contribution in [0.25, 0.3) is 0 Å². The van der Waals surface area contributed by atoms with Crippen molar-refractivity contribution < 1.29 is 58.1 Å². The number of phenols is 1. The molecule has 0 radical (unpaired) electrons. The molecule has 2 unspecified atom stereocenters. The van der Waals surface area contributed by atoms with Gasteiger partial charge in [-0.2, -0.15) is 0 Å². The van der Waals surface area contributed by atoms with Gasteiger partial charge >= 0.3 is 12.0 Å². The number of primary amides is 1. The van der Waals surface area contributed by atoms with Crippen LogP contribution in [0.5, 0.6) is 5.75 Å². The summed E-state index contributed by atoms with van der Waals surface area (Å²) in [6, 6.07) is 5.02. The number of benzene rings is 2. The van der Waals surface area contributed by atoms with Crippen LogP contribution >= 0.6 is 0 Å². The van der Waals surface area contributed by atoms with Crippen molar-refractivity contribution in [2.45, 2.75) is 161 Å². The molecule has 72 heavy (non-hydrogen) atoms. The molecule has 398 valence electrons. The molecule has 10 atom stereocenters. The second-order valence-electron chi connectivity index (χ2n) is 19.4. The second kappa shape index (κ2) is 28.9. The number of nitrogens with zero attached hydrogens (tertiary/aromatic N) is 2. The van der Waals surface area contributed by atoms with E-state index in [0.29, 0.717) is 24.0 Å². The van der Waals surface area contributed by atoms with Gasteiger partial charge in [0.25, 0.3) is 0 Å². The van der Waals surface area contributed by atoms with Crippen LogP contribution in [0.15, 0.2) is 54.6 Å². The fraction of sp³-hybridized carbons (Fsp3) is 0.588. The monoisotopic (exact) mass is 1010 g/mol. The highest BCUT2D eigenvalue weighted by Crippen LogP contribution is 2.21. The Labute approximate surface area is 422 Å². The van der Waals surface area contributed by atoms with Gasteiger partial charge in [-0.15, -0.1) is 0 Å². The summed E-state index contributed by atoms with van der Waals surface area (Å²) in [5, 5.41) is 37.8. The molecular formula is C51H77N9O12. The van der Waals surface area contributed by atoms with Crippen LogP contribution in [0.3, 0.4) is 0 Å². The average molecular weight is 1010 g/mol. The molecule has 0 spiro atoms. The molecule has 0 bridgehead atoms. The lowest BCUT2D eigenvalue weighted by molar-refractivity contribution is -0.158. The Kier molecular flexibility index (Phi) is 23.9. The molecule has 21 heteroatoms. The van der Waals surface area contributed by atoms with Gasteiger partial charge in [-0.05, 0) is 81.0 Å². The molecule has 10 N–H and O–H groups in total. The van der Waals surface area contributed by atoms with E-state index in [1.165, 1.54) is 26.1 Å². The van der Waals surface area contributed by atoms with Gasteiger partial charge in [-0.25, -0.2) is 9.59 Å². The molecule has 1 aliphatic heterocycles. The molecule has 2 aromatic carbocycles. The van der Waals surface area contributed by atoms with Crippen molar-refractivity contribution in [3.63, 3.8) is 0 Å². The number of ether oxygens (including phenoxy) is 1. The van der Waals surface area contributed by atoms with E-state index in [0.717, 1.165) is 9.80 Å². The predicted octanol–water partition coefficient (Wildman–Crippen LogP) is 1.52. The predicted molar refractivity (Wildman–Crippen MR) is 267 cm³/mol. The zero-order chi connectivity index (χ0) is 53.8. The van der Waals surface area contributed by atoms with Crippen LogP contribution in [0.1, 0.15) is 105 Å². The minimum absolute atomic E-state index is 0.0139. The third kappa shape index (κ3) is 18.4. The van der Waals surface area contributed by atoms with E-state index in [-0.39, 0.29) is 63.2 Å². The summed E-state index contributed by atoms with van der Waals surface area (Å²) in [7, 11) is 1.37. The van der Waals surface area contributed by atoms with Gasteiger partial charge in [0, 0.05) is 38.4 Å². The van der Waals surface area contributed by atoms with Crippen molar-refractivity contribution in [1.82, 2.24) is 41.7 Å². The number of hydrogen-bond donors (Lipinski definition) is 9. The highest BCUT2D eigenvalue weighted by atomic mass is 16.5. The van der Waals surface area contributed by atoms with Crippen molar-refractivity contribution >= 4 is 53.9 Å². The number of urea groups is 1. The zero-order valence-corrected chi connectivity index (χ0v) is 43.0. The van der Waals surface area contributed by atoms with Gasteiger partial charge in [-0.1, -0.05) is 90.4 Å². The summed E-state index contributed by atoms with van der Waals surface area (Å²) in [5.74, 6) is -6.78. The maximum atomic E-state index is 14.9. The summed E-state index contributed by atoms with van der Waals surface area (Å²) < 4.78 is 5.98. The largest absolute Gasteiger partial charge is 0.508 e. The van der Waals surface area contributed by atoms with Crippen LogP contribution in [0.2, 0.25) is 0 Å². The normalized spacial score (nSPS) is 24.1. The smallest absolute Gasteiger partial charge is 0.329 e. The summed E-state index contributed by atoms with van der Waals surface area (Å²) in [6.45, 7) is 13.4. The number of nitrogens with two attached hydrogens (primary N) is 1. The number of nitrogens with one attached hydrogen (secondary N) is 6. The molecule has 9 amide bonds. The second-order valence-corrected chi connectivity index (χ2v) is 19.4. The number of phenolic OH excluding ortho intramolecular Hbond substituents is 1. The van der Waals surface area contributed by atoms with Crippen molar-refractivity contribution in [2.75, 3.05) is 13.6 Å². The van der Waals surface area contributed by atoms with Crippen LogP contribution in [0.4, 0.5) is 4.79 Å². The zero-order valence-electron chi connectivity index (χ0n) is 43.0. The fourth-order valence-electron chi connectivity index (χ4n) is 8.10. The van der Waals surface area contributed by atoms with E-state index in [2.05, 4.69) is 31.9 Å². The maximum Gasteiger partial charge on any atom is 0.329 e. The first-order valence-corrected chi connectivity index (χ1v) is 24.7. The van der Waals surface area contributed by atoms with Gasteiger partial charge in [0.05, 0.1) is 0 Å². The Morgan fingerprint density at radius 3 is 2.06 bits per heavy atom. The van der Waals surface area contributed by atoms with Gasteiger partial charge in [0.1, 0.15) is 54.3 Å². The Hall–Kier alpha value is -6.77. The molecule has 1 saturated heterocycles. The summed E-state index contributed by atoms with van der Waals surface area (Å²) in [5.41, 5.74) is 6.38. The van der Waals surface area contributed by atoms with Gasteiger partial charge in [0.15, 0.2) is 0 Å². The third-order valence-electron chi connectivity index (χ3n) is 12.7. The van der Waals surface area contributed by atoms with Crippen molar-refractivity contribution in [2.24, 2.45) is 23.5 Å². The lowest BCUT2D eigenvalue weighted by Crippen LogP contribution is -2.61. The molecule has 1 aliphatic rings. The first-order chi connectivity index (χ1) is 34.0. The molecule has 0 aliphatic carbocycles. The molecule has 1 fully saturated rings. The molecule has 3 rings (SSSR count). The minimum atomic E-state index is -1.69. The first-order valence-electron chi connectivity index (χ1n) is 24.7. The Morgan fingerprint density at radius 2 is 1.47 bits per heavy atom. The summed E-state index contributed by atoms with van der Waals surface area (Å²) >= 11 is 0. The number of aliphatic hydroxyl groups is 1. The Morgan fingerprint density at radius 1 is 0.847 bits per heavy atom. The van der Waals surface area contributed by atoms with Crippen LogP contribution in [0, 0.1) is 17.8 Å². The van der Waals surface area contributed by atoms with Crippen molar-refractivity contribution in [1.29, 1.82) is 0 Å². The fourth-order valence-corrected chi connectivity index (χ4v) is 8.10. The summed E-state index contributed by atoms with van der Waals surface area (Å²) in [6.07, 6.45) is -2.29. The van der Waals surface area contributed by atoms with Crippen LogP contribution in [-0.2, 0) is 55.9 Å². The van der Waals surface area contributed by atoms with Gasteiger partial charge < -0.3 is 62.4 Å². The molecule has 21 nitrogen and oxygen atoms in total. The lowest BCUT2D eigenvalue weighted by Gasteiger charge is -2.37. The molecule has 0 saturated carbocycles. The Bertz CT molecular complexity index is 2140. The number of carbonyl (C=O) groups excluding carboxylic acids is 9. The quantitative estimate of drug-likeness (QED) is 0.0619. The first kappa shape index (κ1) is 59.5. The number of esters is 1.